The number of benzene rings is 2. The van der Waals surface area contributed by atoms with E-state index >= 15 is 0 Å². The van der Waals surface area contributed by atoms with Crippen LogP contribution >= 0.6 is 7.92 Å². The van der Waals surface area contributed by atoms with Crippen molar-refractivity contribution in [2.45, 2.75) is 20.3 Å². The van der Waals surface area contributed by atoms with Crippen LogP contribution < -0.4 is 10.6 Å². The summed E-state index contributed by atoms with van der Waals surface area (Å²) in [7, 11) is -0.276. The van der Waals surface area contributed by atoms with Gasteiger partial charge in [0, 0.05) is 0 Å². The number of aryl methyl sites for hydroxylation is 2. The van der Waals surface area contributed by atoms with Crippen molar-refractivity contribution in [1.82, 2.24) is 0 Å². The molecule has 2 aromatic rings. The Morgan fingerprint density at radius 3 is 1.77 bits per heavy atom. The maximum atomic E-state index is 2.33. The van der Waals surface area contributed by atoms with Gasteiger partial charge in [-0.3, -0.25) is 0 Å². The van der Waals surface area contributed by atoms with Gasteiger partial charge in [-0.25, -0.2) is 0 Å². The first-order chi connectivity index (χ1) is 10.8. The number of hydrogen-bond donors (Lipinski definition) is 0. The summed E-state index contributed by atoms with van der Waals surface area (Å²) in [4.78, 5) is 0. The lowest BCUT2D eigenvalue weighted by Gasteiger charge is -2.23. The van der Waals surface area contributed by atoms with Gasteiger partial charge in [0.15, 0.2) is 0 Å². The minimum absolute atomic E-state index is 0.276. The maximum absolute atomic E-state index is 2.33. The Balaban J connectivity index is 1.91. The van der Waals surface area contributed by atoms with Crippen molar-refractivity contribution >= 4 is 18.5 Å². The summed E-state index contributed by atoms with van der Waals surface area (Å²) < 4.78 is 0. The third-order valence-electron chi connectivity index (χ3n) is 4.33. The van der Waals surface area contributed by atoms with Gasteiger partial charge in [0.1, 0.15) is 0 Å². The van der Waals surface area contributed by atoms with Crippen molar-refractivity contribution < 1.29 is 0 Å². The summed E-state index contributed by atoms with van der Waals surface area (Å²) in [6.07, 6.45) is 11.5. The average Bonchev–Trinajstić information content (AvgIpc) is 3.04. The van der Waals surface area contributed by atoms with Crippen molar-refractivity contribution in [3.63, 3.8) is 0 Å². The predicted molar refractivity (Wildman–Crippen MR) is 99.8 cm³/mol. The summed E-state index contributed by atoms with van der Waals surface area (Å²) in [5, 5.41) is 3.08. The molecule has 0 atom stereocenters. The standard InChI is InChI=1S/C21H23P/c1-17-9-3-7-13-20(17)22(16-15-19-11-5-6-12-19)21-14-8-4-10-18(21)2/h3-14,19H,15-16H2,1-2H3. The second kappa shape index (κ2) is 7.07. The first-order valence-corrected chi connectivity index (χ1v) is 9.52. The van der Waals surface area contributed by atoms with Crippen LogP contribution in [0.15, 0.2) is 72.8 Å². The summed E-state index contributed by atoms with van der Waals surface area (Å²) >= 11 is 0. The van der Waals surface area contributed by atoms with E-state index in [9.17, 15) is 0 Å². The molecule has 0 unspecified atom stereocenters. The minimum atomic E-state index is -0.276. The highest BCUT2D eigenvalue weighted by Crippen LogP contribution is 2.38. The fourth-order valence-electron chi connectivity index (χ4n) is 3.05. The predicted octanol–water partition coefficient (Wildman–Crippen LogP) is 4.87. The van der Waals surface area contributed by atoms with E-state index in [2.05, 4.69) is 86.7 Å². The van der Waals surface area contributed by atoms with Gasteiger partial charge in [-0.2, -0.15) is 0 Å². The molecule has 1 aliphatic rings. The molecule has 0 nitrogen and oxygen atoms in total. The van der Waals surface area contributed by atoms with Crippen LogP contribution in [-0.2, 0) is 0 Å². The van der Waals surface area contributed by atoms with Gasteiger partial charge in [0.25, 0.3) is 0 Å². The molecule has 0 aromatic heterocycles. The molecule has 0 amide bonds. The molecular formula is C21H23P. The van der Waals surface area contributed by atoms with Gasteiger partial charge >= 0.3 is 0 Å². The van der Waals surface area contributed by atoms with E-state index in [1.165, 1.54) is 34.3 Å². The van der Waals surface area contributed by atoms with E-state index in [1.54, 1.807) is 0 Å². The Labute approximate surface area is 135 Å². The highest BCUT2D eigenvalue weighted by atomic mass is 31.1. The third-order valence-corrected chi connectivity index (χ3v) is 7.20. The molecule has 0 spiro atoms. The van der Waals surface area contributed by atoms with Gasteiger partial charge in [-0.1, -0.05) is 72.8 Å². The normalized spacial score (nSPS) is 14.1. The maximum Gasteiger partial charge on any atom is -0.00437 e. The molecule has 0 aliphatic heterocycles. The van der Waals surface area contributed by atoms with Gasteiger partial charge < -0.3 is 0 Å². The molecular weight excluding hydrogens is 283 g/mol. The zero-order valence-electron chi connectivity index (χ0n) is 13.4. The van der Waals surface area contributed by atoms with Crippen LogP contribution in [0, 0.1) is 19.8 Å². The number of allylic oxidation sites excluding steroid dienone is 4. The Morgan fingerprint density at radius 2 is 1.27 bits per heavy atom. The average molecular weight is 306 g/mol. The minimum Gasteiger partial charge on any atom is -0.0776 e. The Morgan fingerprint density at radius 1 is 0.773 bits per heavy atom. The largest absolute Gasteiger partial charge is 0.0776 e. The number of hydrogen-bond acceptors (Lipinski definition) is 0. The third kappa shape index (κ3) is 3.39. The molecule has 1 heteroatoms. The quantitative estimate of drug-likeness (QED) is 0.691. The number of rotatable bonds is 5. The van der Waals surface area contributed by atoms with Crippen LogP contribution in [0.5, 0.6) is 0 Å². The van der Waals surface area contributed by atoms with Crippen molar-refractivity contribution in [3.05, 3.63) is 84.0 Å². The van der Waals surface area contributed by atoms with Crippen molar-refractivity contribution in [3.8, 4) is 0 Å². The van der Waals surface area contributed by atoms with Crippen LogP contribution in [0.2, 0.25) is 0 Å². The molecule has 0 saturated carbocycles. The summed E-state index contributed by atoms with van der Waals surface area (Å²) in [6.45, 7) is 4.50. The SMILES string of the molecule is Cc1ccccc1P(CCC1C=CC=C1)c1ccccc1C. The van der Waals surface area contributed by atoms with Crippen LogP contribution in [0.4, 0.5) is 0 Å². The molecule has 0 radical (unpaired) electrons. The van der Waals surface area contributed by atoms with E-state index < -0.39 is 0 Å². The van der Waals surface area contributed by atoms with Crippen LogP contribution in [0.3, 0.4) is 0 Å². The topological polar surface area (TPSA) is 0 Å². The van der Waals surface area contributed by atoms with Crippen molar-refractivity contribution in [2.75, 3.05) is 6.16 Å². The lowest BCUT2D eigenvalue weighted by Crippen LogP contribution is -2.19. The fraction of sp³-hybridized carbons (Fsp3) is 0.238. The Bertz CT molecular complexity index is 639. The molecule has 0 heterocycles. The van der Waals surface area contributed by atoms with Gasteiger partial charge in [0.2, 0.25) is 0 Å². The lowest BCUT2D eigenvalue weighted by molar-refractivity contribution is 0.791. The summed E-state index contributed by atoms with van der Waals surface area (Å²) in [5.74, 6) is 0.623. The van der Waals surface area contributed by atoms with E-state index in [0.717, 1.165) is 0 Å². The van der Waals surface area contributed by atoms with E-state index in [-0.39, 0.29) is 7.92 Å². The highest BCUT2D eigenvalue weighted by Gasteiger charge is 2.18. The monoisotopic (exact) mass is 306 g/mol. The van der Waals surface area contributed by atoms with Crippen molar-refractivity contribution in [2.24, 2.45) is 5.92 Å². The van der Waals surface area contributed by atoms with Gasteiger partial charge in [-0.15, -0.1) is 0 Å². The summed E-state index contributed by atoms with van der Waals surface area (Å²) in [5.41, 5.74) is 2.85. The fourth-order valence-corrected chi connectivity index (χ4v) is 5.88. The van der Waals surface area contributed by atoms with Crippen LogP contribution in [-0.4, -0.2) is 6.16 Å². The second-order valence-corrected chi connectivity index (χ2v) is 8.21. The smallest absolute Gasteiger partial charge is 0.00437 e. The van der Waals surface area contributed by atoms with Crippen LogP contribution in [0.25, 0.3) is 0 Å². The molecule has 0 N–H and O–H groups in total. The molecule has 0 fully saturated rings. The van der Waals surface area contributed by atoms with E-state index in [1.807, 2.05) is 0 Å². The molecule has 0 saturated heterocycles. The van der Waals surface area contributed by atoms with Crippen molar-refractivity contribution in [1.29, 1.82) is 0 Å². The first-order valence-electron chi connectivity index (χ1n) is 7.99. The molecule has 112 valence electrons. The van der Waals surface area contributed by atoms with E-state index in [0.29, 0.717) is 5.92 Å². The molecule has 0 bridgehead atoms. The van der Waals surface area contributed by atoms with Crippen LogP contribution in [0.1, 0.15) is 17.5 Å². The summed E-state index contributed by atoms with van der Waals surface area (Å²) in [6, 6.07) is 17.8. The Kier molecular flexibility index (Phi) is 4.90. The molecule has 2 aromatic carbocycles. The molecule has 3 rings (SSSR count). The van der Waals surface area contributed by atoms with Gasteiger partial charge in [0.05, 0.1) is 0 Å². The van der Waals surface area contributed by atoms with Gasteiger partial charge in [-0.05, 0) is 62.0 Å². The molecule has 22 heavy (non-hydrogen) atoms. The zero-order chi connectivity index (χ0) is 15.4. The highest BCUT2D eigenvalue weighted by molar-refractivity contribution is 7.73. The first kappa shape index (κ1) is 15.3. The van der Waals surface area contributed by atoms with E-state index in [4.69, 9.17) is 0 Å². The lowest BCUT2D eigenvalue weighted by atomic mass is 10.1. The molecule has 1 aliphatic carbocycles. The zero-order valence-corrected chi connectivity index (χ0v) is 14.3. The Hall–Kier alpha value is -1.65. The second-order valence-electron chi connectivity index (χ2n) is 5.95.